The summed E-state index contributed by atoms with van der Waals surface area (Å²) in [5.41, 5.74) is 3.56. The first-order valence-corrected chi connectivity index (χ1v) is 11.9. The quantitative estimate of drug-likeness (QED) is 0.738. The van der Waals surface area contributed by atoms with Crippen LogP contribution in [0.3, 0.4) is 0 Å². The van der Waals surface area contributed by atoms with Gasteiger partial charge in [-0.15, -0.1) is 11.8 Å². The number of piperidine rings is 1. The standard InChI is InChI=1S/C24H28FN3OS/c1-26(24(29)17-6-8-18(25)9-7-17)13-14-27-12-10-21-20(16-27)19-4-2-5-22-23(19)28(21)11-3-15-30-22/h2,4-9,20-21H,3,10-16H2,1H3/t20-,21-/m0/s1. The first-order valence-electron chi connectivity index (χ1n) is 10.9. The van der Waals surface area contributed by atoms with E-state index < -0.39 is 0 Å². The van der Waals surface area contributed by atoms with Gasteiger partial charge in [0, 0.05) is 62.2 Å². The molecule has 30 heavy (non-hydrogen) atoms. The number of para-hydroxylation sites is 1. The molecule has 0 radical (unpaired) electrons. The van der Waals surface area contributed by atoms with E-state index in [1.165, 1.54) is 53.4 Å². The van der Waals surface area contributed by atoms with Gasteiger partial charge in [-0.25, -0.2) is 4.39 Å². The second-order valence-electron chi connectivity index (χ2n) is 8.59. The Morgan fingerprint density at radius 2 is 2.03 bits per heavy atom. The van der Waals surface area contributed by atoms with Crippen molar-refractivity contribution in [3.8, 4) is 0 Å². The van der Waals surface area contributed by atoms with Gasteiger partial charge in [-0.2, -0.15) is 0 Å². The van der Waals surface area contributed by atoms with Gasteiger partial charge in [0.2, 0.25) is 0 Å². The molecule has 2 aromatic carbocycles. The largest absolute Gasteiger partial charge is 0.367 e. The second-order valence-corrected chi connectivity index (χ2v) is 9.72. The van der Waals surface area contributed by atoms with E-state index in [0.717, 1.165) is 19.6 Å². The highest BCUT2D eigenvalue weighted by Gasteiger charge is 2.43. The van der Waals surface area contributed by atoms with Crippen molar-refractivity contribution in [2.24, 2.45) is 0 Å². The van der Waals surface area contributed by atoms with Crippen molar-refractivity contribution in [1.82, 2.24) is 9.80 Å². The van der Waals surface area contributed by atoms with E-state index in [4.69, 9.17) is 0 Å². The molecular weight excluding hydrogens is 397 g/mol. The van der Waals surface area contributed by atoms with Crippen LogP contribution < -0.4 is 4.90 Å². The Morgan fingerprint density at radius 3 is 2.87 bits per heavy atom. The highest BCUT2D eigenvalue weighted by atomic mass is 32.2. The molecule has 0 N–H and O–H groups in total. The Hall–Kier alpha value is -2.05. The van der Waals surface area contributed by atoms with Crippen molar-refractivity contribution in [3.63, 3.8) is 0 Å². The van der Waals surface area contributed by atoms with E-state index in [1.54, 1.807) is 17.0 Å². The zero-order chi connectivity index (χ0) is 20.7. The highest BCUT2D eigenvalue weighted by molar-refractivity contribution is 7.99. The summed E-state index contributed by atoms with van der Waals surface area (Å²) in [5, 5.41) is 0. The Balaban J connectivity index is 1.24. The van der Waals surface area contributed by atoms with Gasteiger partial charge < -0.3 is 14.7 Å². The van der Waals surface area contributed by atoms with E-state index in [1.807, 2.05) is 18.8 Å². The molecule has 5 rings (SSSR count). The van der Waals surface area contributed by atoms with Gasteiger partial charge >= 0.3 is 0 Å². The topological polar surface area (TPSA) is 26.8 Å². The average Bonchev–Trinajstić information content (AvgIpc) is 2.92. The molecule has 3 heterocycles. The average molecular weight is 426 g/mol. The van der Waals surface area contributed by atoms with Crippen molar-refractivity contribution in [2.45, 2.75) is 29.7 Å². The number of halogens is 1. The zero-order valence-electron chi connectivity index (χ0n) is 17.4. The highest BCUT2D eigenvalue weighted by Crippen LogP contribution is 2.50. The Labute approximate surface area is 182 Å². The maximum atomic E-state index is 13.1. The lowest BCUT2D eigenvalue weighted by molar-refractivity contribution is 0.0768. The first kappa shape index (κ1) is 19.9. The molecular formula is C24H28FN3OS. The number of carbonyl (C=O) groups excluding carboxylic acids is 1. The summed E-state index contributed by atoms with van der Waals surface area (Å²) in [4.78, 5) is 21.0. The number of likely N-dealkylation sites (tertiary alicyclic amines) is 1. The minimum atomic E-state index is -0.316. The van der Waals surface area contributed by atoms with E-state index in [9.17, 15) is 9.18 Å². The number of benzene rings is 2. The summed E-state index contributed by atoms with van der Waals surface area (Å²) in [6, 6.07) is 13.3. The molecule has 3 aliphatic heterocycles. The van der Waals surface area contributed by atoms with E-state index in [0.29, 0.717) is 24.1 Å². The molecule has 1 saturated heterocycles. The zero-order valence-corrected chi connectivity index (χ0v) is 18.2. The molecule has 1 amide bonds. The molecule has 158 valence electrons. The number of amides is 1. The number of thioether (sulfide) groups is 1. The maximum absolute atomic E-state index is 13.1. The molecule has 3 aliphatic rings. The summed E-state index contributed by atoms with van der Waals surface area (Å²) >= 11 is 2.01. The first-order chi connectivity index (χ1) is 14.6. The maximum Gasteiger partial charge on any atom is 0.253 e. The number of hydrogen-bond donors (Lipinski definition) is 0. The lowest BCUT2D eigenvalue weighted by atomic mass is 9.89. The summed E-state index contributed by atoms with van der Waals surface area (Å²) in [6.45, 7) is 4.86. The summed E-state index contributed by atoms with van der Waals surface area (Å²) < 4.78 is 13.1. The molecule has 0 spiro atoms. The van der Waals surface area contributed by atoms with Crippen molar-refractivity contribution in [1.29, 1.82) is 0 Å². The van der Waals surface area contributed by atoms with Crippen LogP contribution in [0.2, 0.25) is 0 Å². The van der Waals surface area contributed by atoms with Crippen LogP contribution >= 0.6 is 11.8 Å². The van der Waals surface area contributed by atoms with E-state index in [-0.39, 0.29) is 11.7 Å². The molecule has 0 bridgehead atoms. The predicted octanol–water partition coefficient (Wildman–Crippen LogP) is 4.07. The van der Waals surface area contributed by atoms with Crippen molar-refractivity contribution >= 4 is 23.4 Å². The lowest BCUT2D eigenvalue weighted by Crippen LogP contribution is -2.48. The number of nitrogens with zero attached hydrogens (tertiary/aromatic N) is 3. The van der Waals surface area contributed by atoms with Crippen molar-refractivity contribution < 1.29 is 9.18 Å². The minimum Gasteiger partial charge on any atom is -0.367 e. The molecule has 4 nitrogen and oxygen atoms in total. The molecule has 2 aromatic rings. The van der Waals surface area contributed by atoms with Crippen LogP contribution in [-0.4, -0.2) is 67.3 Å². The number of carbonyl (C=O) groups is 1. The molecule has 0 unspecified atom stereocenters. The van der Waals surface area contributed by atoms with Crippen LogP contribution in [0.4, 0.5) is 10.1 Å². The second kappa shape index (κ2) is 8.23. The van der Waals surface area contributed by atoms with Crippen molar-refractivity contribution in [3.05, 3.63) is 59.4 Å². The van der Waals surface area contributed by atoms with Gasteiger partial charge in [-0.05, 0) is 54.5 Å². The number of rotatable bonds is 4. The fraction of sp³-hybridized carbons (Fsp3) is 0.458. The summed E-state index contributed by atoms with van der Waals surface area (Å²) in [7, 11) is 1.83. The van der Waals surface area contributed by atoms with Crippen LogP contribution in [0.1, 0.15) is 34.7 Å². The molecule has 0 aromatic heterocycles. The number of hydrogen-bond acceptors (Lipinski definition) is 4. The van der Waals surface area contributed by atoms with Crippen LogP contribution in [0.5, 0.6) is 0 Å². The Kier molecular flexibility index (Phi) is 5.46. The molecule has 0 saturated carbocycles. The molecule has 6 heteroatoms. The number of likely N-dealkylation sites (N-methyl/N-ethyl adjacent to an activating group) is 1. The predicted molar refractivity (Wildman–Crippen MR) is 120 cm³/mol. The van der Waals surface area contributed by atoms with Crippen LogP contribution in [0.15, 0.2) is 47.4 Å². The number of anilines is 1. The SMILES string of the molecule is CN(CCN1CC[C@H]2[C@@H](C1)c1cccc3c1N2CCCS3)C(=O)c1ccc(F)cc1. The van der Waals surface area contributed by atoms with E-state index in [2.05, 4.69) is 28.0 Å². The molecule has 1 fully saturated rings. The fourth-order valence-electron chi connectivity index (χ4n) is 5.22. The monoisotopic (exact) mass is 425 g/mol. The van der Waals surface area contributed by atoms with Gasteiger partial charge in [0.05, 0.1) is 5.69 Å². The molecule has 0 aliphatic carbocycles. The summed E-state index contributed by atoms with van der Waals surface area (Å²) in [6.07, 6.45) is 2.43. The lowest BCUT2D eigenvalue weighted by Gasteiger charge is -2.39. The summed E-state index contributed by atoms with van der Waals surface area (Å²) in [5.74, 6) is 1.41. The smallest absolute Gasteiger partial charge is 0.253 e. The Morgan fingerprint density at radius 1 is 1.20 bits per heavy atom. The van der Waals surface area contributed by atoms with Gasteiger partial charge in [0.15, 0.2) is 0 Å². The molecule has 2 atom stereocenters. The van der Waals surface area contributed by atoms with Gasteiger partial charge in [-0.3, -0.25) is 4.79 Å². The van der Waals surface area contributed by atoms with Gasteiger partial charge in [0.1, 0.15) is 5.82 Å². The minimum absolute atomic E-state index is 0.0499. The third-order valence-corrected chi connectivity index (χ3v) is 7.90. The Bertz CT molecular complexity index is 935. The van der Waals surface area contributed by atoms with Gasteiger partial charge in [0.25, 0.3) is 5.91 Å². The van der Waals surface area contributed by atoms with Crippen LogP contribution in [0.25, 0.3) is 0 Å². The van der Waals surface area contributed by atoms with Crippen molar-refractivity contribution in [2.75, 3.05) is 50.4 Å². The van der Waals surface area contributed by atoms with Gasteiger partial charge in [-0.1, -0.05) is 12.1 Å². The number of fused-ring (bicyclic) bond motifs is 3. The fourth-order valence-corrected chi connectivity index (χ4v) is 6.26. The third kappa shape index (κ3) is 3.60. The third-order valence-electron chi connectivity index (χ3n) is 6.77. The normalized spacial score (nSPS) is 22.9. The van der Waals surface area contributed by atoms with Crippen LogP contribution in [0, 0.1) is 5.82 Å². The van der Waals surface area contributed by atoms with E-state index >= 15 is 0 Å². The van der Waals surface area contributed by atoms with Crippen LogP contribution in [-0.2, 0) is 0 Å².